The minimum absolute atomic E-state index is 0.450. The number of rotatable bonds is 2. The quantitative estimate of drug-likeness (QED) is 0.842. The minimum atomic E-state index is 0.450. The lowest BCUT2D eigenvalue weighted by Gasteiger charge is -2.07. The number of hydrogen-bond acceptors (Lipinski definition) is 2. The first-order valence-electron chi connectivity index (χ1n) is 4.44. The summed E-state index contributed by atoms with van der Waals surface area (Å²) in [4.78, 5) is 0. The third-order valence-electron chi connectivity index (χ3n) is 2.06. The fourth-order valence-corrected chi connectivity index (χ4v) is 1.80. The van der Waals surface area contributed by atoms with Crippen LogP contribution in [-0.2, 0) is 0 Å². The highest BCUT2D eigenvalue weighted by molar-refractivity contribution is 9.10. The smallest absolute Gasteiger partial charge is 0.0968 e. The molecule has 0 atom stereocenters. The number of nitrogens with zero attached hydrogens (tertiary/aromatic N) is 1. The lowest BCUT2D eigenvalue weighted by molar-refractivity contribution is 1.14. The second-order valence-electron chi connectivity index (χ2n) is 2.96. The van der Waals surface area contributed by atoms with Gasteiger partial charge in [0.25, 0.3) is 0 Å². The van der Waals surface area contributed by atoms with Crippen molar-refractivity contribution in [1.82, 2.24) is 0 Å². The van der Waals surface area contributed by atoms with Gasteiger partial charge in [0.1, 0.15) is 0 Å². The van der Waals surface area contributed by atoms with Crippen molar-refractivity contribution in [2.75, 3.05) is 0 Å². The maximum Gasteiger partial charge on any atom is 0.0968 e. The molecule has 0 bridgehead atoms. The van der Waals surface area contributed by atoms with E-state index in [2.05, 4.69) is 22.0 Å². The minimum Gasteiger partial charge on any atom is -0.397 e. The summed E-state index contributed by atoms with van der Waals surface area (Å²) in [5.41, 5.74) is 7.58. The molecule has 0 aliphatic carbocycles. The van der Waals surface area contributed by atoms with Gasteiger partial charge >= 0.3 is 0 Å². The van der Waals surface area contributed by atoms with Gasteiger partial charge in [0, 0.05) is 10.0 Å². The molecule has 78 valence electrons. The van der Waals surface area contributed by atoms with Crippen molar-refractivity contribution >= 4 is 33.2 Å². The van der Waals surface area contributed by atoms with Gasteiger partial charge in [-0.25, -0.2) is 0 Å². The molecule has 0 amide bonds. The van der Waals surface area contributed by atoms with E-state index in [0.717, 1.165) is 4.47 Å². The molecule has 1 rings (SSSR count). The number of nitrogens with two attached hydrogens (primary N) is 1. The Morgan fingerprint density at radius 2 is 2.27 bits per heavy atom. The van der Waals surface area contributed by atoms with Crippen LogP contribution in [-0.4, -0.2) is 0 Å². The summed E-state index contributed by atoms with van der Waals surface area (Å²) < 4.78 is 0.776. The van der Waals surface area contributed by atoms with Gasteiger partial charge in [0.15, 0.2) is 0 Å². The van der Waals surface area contributed by atoms with Crippen LogP contribution >= 0.6 is 27.5 Å². The van der Waals surface area contributed by atoms with Crippen LogP contribution in [0, 0.1) is 11.3 Å². The van der Waals surface area contributed by atoms with Gasteiger partial charge in [0.2, 0.25) is 0 Å². The number of allylic oxidation sites excluding steroid dienone is 1. The van der Waals surface area contributed by atoms with Gasteiger partial charge in [0.05, 0.1) is 22.4 Å². The zero-order chi connectivity index (χ0) is 11.4. The van der Waals surface area contributed by atoms with Gasteiger partial charge in [-0.05, 0) is 28.4 Å². The van der Waals surface area contributed by atoms with Crippen molar-refractivity contribution < 1.29 is 0 Å². The van der Waals surface area contributed by atoms with Crippen LogP contribution in [0.5, 0.6) is 0 Å². The molecular formula is C11H10BrClN2. The Kier molecular flexibility index (Phi) is 4.19. The van der Waals surface area contributed by atoms with E-state index in [9.17, 15) is 0 Å². The summed E-state index contributed by atoms with van der Waals surface area (Å²) in [6.07, 6.45) is 0.602. The van der Waals surface area contributed by atoms with E-state index in [4.69, 9.17) is 22.6 Å². The van der Waals surface area contributed by atoms with E-state index in [1.165, 1.54) is 0 Å². The maximum atomic E-state index is 8.88. The van der Waals surface area contributed by atoms with E-state index < -0.39 is 0 Å². The number of nitriles is 1. The molecule has 0 heterocycles. The van der Waals surface area contributed by atoms with Crippen LogP contribution in [0.3, 0.4) is 0 Å². The number of halogens is 2. The number of hydrogen-bond donors (Lipinski definition) is 1. The lowest BCUT2D eigenvalue weighted by atomic mass is 10.1. The molecular weight excluding hydrogens is 275 g/mol. The summed E-state index contributed by atoms with van der Waals surface area (Å²) in [5.74, 6) is 0. The first-order chi connectivity index (χ1) is 7.11. The van der Waals surface area contributed by atoms with E-state index >= 15 is 0 Å². The van der Waals surface area contributed by atoms with Gasteiger partial charge in [-0.15, -0.1) is 0 Å². The van der Waals surface area contributed by atoms with Crippen LogP contribution in [0.4, 0.5) is 0 Å². The Balaban J connectivity index is 3.35. The molecule has 0 saturated carbocycles. The van der Waals surface area contributed by atoms with E-state index in [0.29, 0.717) is 28.3 Å². The third kappa shape index (κ3) is 2.53. The lowest BCUT2D eigenvalue weighted by Crippen LogP contribution is -2.01. The zero-order valence-corrected chi connectivity index (χ0v) is 10.6. The Morgan fingerprint density at radius 1 is 1.60 bits per heavy atom. The van der Waals surface area contributed by atoms with Crippen LogP contribution in [0.25, 0.3) is 5.70 Å². The average molecular weight is 286 g/mol. The molecule has 1 aromatic rings. The molecule has 0 spiro atoms. The SMILES string of the molecule is CC/C(C#N)=C(/N)c1cccc(Br)c1Cl. The molecule has 4 heteroatoms. The van der Waals surface area contributed by atoms with Crippen LogP contribution in [0.1, 0.15) is 18.9 Å². The molecule has 1 aromatic carbocycles. The molecule has 0 saturated heterocycles. The average Bonchev–Trinajstić information content (AvgIpc) is 2.23. The standard InChI is InChI=1S/C11H10BrClN2/c1-2-7(6-14)11(15)8-4-3-5-9(12)10(8)13/h3-5H,2,15H2,1H3/b11-7-. The fraction of sp³-hybridized carbons (Fsp3) is 0.182. The van der Waals surface area contributed by atoms with E-state index in [1.54, 1.807) is 6.07 Å². The molecule has 0 aliphatic heterocycles. The first-order valence-corrected chi connectivity index (χ1v) is 5.62. The molecule has 0 aliphatic rings. The molecule has 2 N–H and O–H groups in total. The maximum absolute atomic E-state index is 8.88. The van der Waals surface area contributed by atoms with Crippen LogP contribution in [0.2, 0.25) is 5.02 Å². The summed E-state index contributed by atoms with van der Waals surface area (Å²) in [7, 11) is 0. The fourth-order valence-electron chi connectivity index (χ4n) is 1.20. The molecule has 2 nitrogen and oxygen atoms in total. The van der Waals surface area contributed by atoms with Gasteiger partial charge in [-0.2, -0.15) is 5.26 Å². The monoisotopic (exact) mass is 284 g/mol. The second kappa shape index (κ2) is 5.20. The first kappa shape index (κ1) is 12.1. The predicted molar refractivity (Wildman–Crippen MR) is 66.2 cm³/mol. The largest absolute Gasteiger partial charge is 0.397 e. The summed E-state index contributed by atoms with van der Waals surface area (Å²) in [6, 6.07) is 7.54. The highest BCUT2D eigenvalue weighted by Gasteiger charge is 2.09. The van der Waals surface area contributed by atoms with Crippen LogP contribution < -0.4 is 5.73 Å². The molecule has 0 aromatic heterocycles. The van der Waals surface area contributed by atoms with E-state index in [-0.39, 0.29) is 0 Å². The molecule has 15 heavy (non-hydrogen) atoms. The Labute approximate surface area is 102 Å². The zero-order valence-electron chi connectivity index (χ0n) is 8.22. The summed E-state index contributed by atoms with van der Waals surface area (Å²) in [6.45, 7) is 1.89. The highest BCUT2D eigenvalue weighted by atomic mass is 79.9. The normalized spacial score (nSPS) is 11.9. The van der Waals surface area contributed by atoms with Gasteiger partial charge in [-0.1, -0.05) is 30.7 Å². The van der Waals surface area contributed by atoms with Gasteiger partial charge < -0.3 is 5.73 Å². The third-order valence-corrected chi connectivity index (χ3v) is 3.35. The van der Waals surface area contributed by atoms with Crippen LogP contribution in [0.15, 0.2) is 28.2 Å². The molecule has 0 fully saturated rings. The van der Waals surface area contributed by atoms with Crippen molar-refractivity contribution in [1.29, 1.82) is 5.26 Å². The highest BCUT2D eigenvalue weighted by Crippen LogP contribution is 2.30. The van der Waals surface area contributed by atoms with Crippen molar-refractivity contribution in [2.24, 2.45) is 5.73 Å². The van der Waals surface area contributed by atoms with Crippen molar-refractivity contribution in [3.05, 3.63) is 38.8 Å². The van der Waals surface area contributed by atoms with Crippen molar-refractivity contribution in [3.8, 4) is 6.07 Å². The van der Waals surface area contributed by atoms with E-state index in [1.807, 2.05) is 19.1 Å². The number of benzene rings is 1. The topological polar surface area (TPSA) is 49.8 Å². The Hall–Kier alpha value is -0.980. The van der Waals surface area contributed by atoms with Gasteiger partial charge in [-0.3, -0.25) is 0 Å². The van der Waals surface area contributed by atoms with Crippen molar-refractivity contribution in [2.45, 2.75) is 13.3 Å². The second-order valence-corrected chi connectivity index (χ2v) is 4.19. The molecule has 0 unspecified atom stereocenters. The predicted octanol–water partition coefficient (Wildman–Crippen LogP) is 3.71. The summed E-state index contributed by atoms with van der Waals surface area (Å²) in [5, 5.41) is 9.41. The Bertz CT molecular complexity index is 446. The molecule has 0 radical (unpaired) electrons. The Morgan fingerprint density at radius 3 is 2.80 bits per heavy atom. The van der Waals surface area contributed by atoms with Crippen molar-refractivity contribution in [3.63, 3.8) is 0 Å². The summed E-state index contributed by atoms with van der Waals surface area (Å²) >= 11 is 9.39.